The number of hydrogen-bond acceptors (Lipinski definition) is 10. The maximum Gasteiger partial charge on any atom is 0.326 e. The van der Waals surface area contributed by atoms with Gasteiger partial charge in [0.05, 0.1) is 18.4 Å². The van der Waals surface area contributed by atoms with Crippen LogP contribution in [-0.2, 0) is 16.1 Å². The molecule has 3 rings (SSSR count). The van der Waals surface area contributed by atoms with E-state index in [9.17, 15) is 19.5 Å². The van der Waals surface area contributed by atoms with E-state index >= 15 is 0 Å². The summed E-state index contributed by atoms with van der Waals surface area (Å²) in [5.74, 6) is -1.79. The number of nitrogens with zero attached hydrogens (tertiary/aromatic N) is 6. The molecule has 1 atom stereocenters. The van der Waals surface area contributed by atoms with Crippen molar-refractivity contribution in [2.75, 3.05) is 37.5 Å². The van der Waals surface area contributed by atoms with Crippen molar-refractivity contribution >= 4 is 46.4 Å². The van der Waals surface area contributed by atoms with Crippen LogP contribution in [0.4, 0.5) is 17.5 Å². The van der Waals surface area contributed by atoms with Gasteiger partial charge in [-0.3, -0.25) is 9.59 Å². The standard InChI is InChI=1S/C22H27N9O4/c1-30(2)16(32)9-8-15(21(34)35)27-20(33)12-4-6-14(7-5-12)31(3)11-13-10-25-19-17(26-13)18(23)28-22(24)29-19/h4-7,10,15H,8-9,11H2,1-3H3,(H,27,33)(H,34,35)(H4,23,24,25,28,29)/t15-/m0/s1. The monoisotopic (exact) mass is 481 g/mol. The molecular weight excluding hydrogens is 454 g/mol. The molecule has 0 radical (unpaired) electrons. The molecule has 13 nitrogen and oxygen atoms in total. The Hall–Kier alpha value is -4.55. The van der Waals surface area contributed by atoms with Crippen LogP contribution < -0.4 is 21.7 Å². The van der Waals surface area contributed by atoms with Crippen molar-refractivity contribution in [3.63, 3.8) is 0 Å². The number of carbonyl (C=O) groups excluding carboxylic acids is 2. The molecule has 0 aliphatic carbocycles. The summed E-state index contributed by atoms with van der Waals surface area (Å²) in [5.41, 5.74) is 13.8. The number of nitrogens with two attached hydrogens (primary N) is 2. The number of rotatable bonds is 9. The van der Waals surface area contributed by atoms with Crippen LogP contribution in [0.1, 0.15) is 28.9 Å². The maximum absolute atomic E-state index is 12.6. The lowest BCUT2D eigenvalue weighted by Crippen LogP contribution is -2.41. The van der Waals surface area contributed by atoms with Gasteiger partial charge in [-0.25, -0.2) is 14.8 Å². The van der Waals surface area contributed by atoms with E-state index in [1.165, 1.54) is 4.90 Å². The van der Waals surface area contributed by atoms with Crippen LogP contribution in [0.15, 0.2) is 30.5 Å². The SMILES string of the molecule is CN(C)C(=O)CC[C@H](NC(=O)c1ccc(N(C)Cc2cnc3nc(N)nc(N)c3n2)cc1)C(=O)O. The summed E-state index contributed by atoms with van der Waals surface area (Å²) in [6.07, 6.45) is 1.57. The lowest BCUT2D eigenvalue weighted by Gasteiger charge is -2.20. The summed E-state index contributed by atoms with van der Waals surface area (Å²) in [7, 11) is 5.01. The Bertz CT molecular complexity index is 1250. The van der Waals surface area contributed by atoms with E-state index in [1.807, 2.05) is 11.9 Å². The third kappa shape index (κ3) is 6.28. The average molecular weight is 482 g/mol. The second-order valence-electron chi connectivity index (χ2n) is 8.09. The number of anilines is 3. The molecule has 0 unspecified atom stereocenters. The van der Waals surface area contributed by atoms with Gasteiger partial charge in [0.15, 0.2) is 17.0 Å². The number of hydrogen-bond donors (Lipinski definition) is 4. The lowest BCUT2D eigenvalue weighted by atomic mass is 10.1. The van der Waals surface area contributed by atoms with Crippen LogP contribution in [0, 0.1) is 0 Å². The third-order valence-corrected chi connectivity index (χ3v) is 5.22. The Labute approximate surface area is 201 Å². The van der Waals surface area contributed by atoms with E-state index in [0.29, 0.717) is 29.0 Å². The molecule has 1 aromatic carbocycles. The van der Waals surface area contributed by atoms with E-state index in [4.69, 9.17) is 11.5 Å². The van der Waals surface area contributed by atoms with Crippen molar-refractivity contribution in [2.45, 2.75) is 25.4 Å². The van der Waals surface area contributed by atoms with Crippen molar-refractivity contribution in [3.05, 3.63) is 41.7 Å². The Morgan fingerprint density at radius 2 is 1.74 bits per heavy atom. The van der Waals surface area contributed by atoms with Gasteiger partial charge in [-0.15, -0.1) is 0 Å². The van der Waals surface area contributed by atoms with Crippen molar-refractivity contribution in [2.24, 2.45) is 0 Å². The number of benzene rings is 1. The molecule has 13 heteroatoms. The molecule has 2 amide bonds. The van der Waals surface area contributed by atoms with E-state index in [1.54, 1.807) is 44.6 Å². The lowest BCUT2D eigenvalue weighted by molar-refractivity contribution is -0.139. The van der Waals surface area contributed by atoms with Crippen molar-refractivity contribution in [3.8, 4) is 0 Å². The fourth-order valence-corrected chi connectivity index (χ4v) is 3.25. The van der Waals surface area contributed by atoms with Gasteiger partial charge in [-0.05, 0) is 30.7 Å². The molecule has 0 aliphatic rings. The molecular formula is C22H27N9O4. The summed E-state index contributed by atoms with van der Waals surface area (Å²) in [6.45, 7) is 0.388. The highest BCUT2D eigenvalue weighted by Crippen LogP contribution is 2.19. The Balaban J connectivity index is 1.65. The van der Waals surface area contributed by atoms with Crippen LogP contribution in [0.25, 0.3) is 11.2 Å². The number of nitrogens with one attached hydrogen (secondary N) is 1. The largest absolute Gasteiger partial charge is 0.480 e. The first-order chi connectivity index (χ1) is 16.5. The highest BCUT2D eigenvalue weighted by molar-refractivity contribution is 5.97. The number of fused-ring (bicyclic) bond motifs is 1. The maximum atomic E-state index is 12.6. The number of amides is 2. The molecule has 2 heterocycles. The molecule has 0 saturated carbocycles. The number of aromatic nitrogens is 4. The van der Waals surface area contributed by atoms with E-state index in [0.717, 1.165) is 5.69 Å². The van der Waals surface area contributed by atoms with Gasteiger partial charge in [0.1, 0.15) is 6.04 Å². The predicted octanol–water partition coefficient (Wildman–Crippen LogP) is 0.272. The molecule has 0 spiro atoms. The quantitative estimate of drug-likeness (QED) is 0.328. The fourth-order valence-electron chi connectivity index (χ4n) is 3.25. The van der Waals surface area contributed by atoms with Crippen LogP contribution >= 0.6 is 0 Å². The van der Waals surface area contributed by atoms with Crippen molar-refractivity contribution in [1.29, 1.82) is 0 Å². The number of carboxylic acid groups (broad SMARTS) is 1. The molecule has 2 aromatic heterocycles. The minimum atomic E-state index is -1.20. The summed E-state index contributed by atoms with van der Waals surface area (Å²) in [6, 6.07) is 5.46. The summed E-state index contributed by atoms with van der Waals surface area (Å²) >= 11 is 0. The summed E-state index contributed by atoms with van der Waals surface area (Å²) in [4.78, 5) is 55.7. The molecule has 0 saturated heterocycles. The summed E-state index contributed by atoms with van der Waals surface area (Å²) in [5, 5.41) is 11.9. The third-order valence-electron chi connectivity index (χ3n) is 5.22. The minimum Gasteiger partial charge on any atom is -0.480 e. The van der Waals surface area contributed by atoms with Crippen LogP contribution in [0.2, 0.25) is 0 Å². The molecule has 35 heavy (non-hydrogen) atoms. The normalized spacial score (nSPS) is 11.6. The van der Waals surface area contributed by atoms with Crippen molar-refractivity contribution < 1.29 is 19.5 Å². The number of carboxylic acids is 1. The highest BCUT2D eigenvalue weighted by Gasteiger charge is 2.22. The van der Waals surface area contributed by atoms with Crippen LogP contribution in [-0.4, -0.2) is 74.9 Å². The first-order valence-electron chi connectivity index (χ1n) is 10.6. The fraction of sp³-hybridized carbons (Fsp3) is 0.318. The molecule has 6 N–H and O–H groups in total. The molecule has 0 fully saturated rings. The number of aliphatic carboxylic acids is 1. The van der Waals surface area contributed by atoms with E-state index in [2.05, 4.69) is 25.3 Å². The van der Waals surface area contributed by atoms with Gasteiger partial charge in [-0.1, -0.05) is 0 Å². The number of carbonyl (C=O) groups is 3. The first kappa shape index (κ1) is 25.1. The Kier molecular flexibility index (Phi) is 7.59. The van der Waals surface area contributed by atoms with E-state index < -0.39 is 17.9 Å². The smallest absolute Gasteiger partial charge is 0.326 e. The average Bonchev–Trinajstić information content (AvgIpc) is 2.81. The second kappa shape index (κ2) is 10.6. The van der Waals surface area contributed by atoms with Gasteiger partial charge >= 0.3 is 5.97 Å². The topological polar surface area (TPSA) is 194 Å². The van der Waals surface area contributed by atoms with Crippen molar-refractivity contribution in [1.82, 2.24) is 30.2 Å². The van der Waals surface area contributed by atoms with Gasteiger partial charge in [0.2, 0.25) is 11.9 Å². The van der Waals surface area contributed by atoms with Gasteiger partial charge in [0.25, 0.3) is 5.91 Å². The molecule has 0 aliphatic heterocycles. The first-order valence-corrected chi connectivity index (χ1v) is 10.6. The number of nitrogen functional groups attached to an aromatic ring is 2. The van der Waals surface area contributed by atoms with Crippen LogP contribution in [0.3, 0.4) is 0 Å². The highest BCUT2D eigenvalue weighted by atomic mass is 16.4. The van der Waals surface area contributed by atoms with E-state index in [-0.39, 0.29) is 30.5 Å². The van der Waals surface area contributed by atoms with Crippen LogP contribution in [0.5, 0.6) is 0 Å². The van der Waals surface area contributed by atoms with Gasteiger partial charge in [-0.2, -0.15) is 9.97 Å². The Morgan fingerprint density at radius 3 is 2.37 bits per heavy atom. The zero-order chi connectivity index (χ0) is 25.7. The zero-order valence-corrected chi connectivity index (χ0v) is 19.6. The second-order valence-corrected chi connectivity index (χ2v) is 8.09. The Morgan fingerprint density at radius 1 is 1.06 bits per heavy atom. The predicted molar refractivity (Wildman–Crippen MR) is 129 cm³/mol. The summed E-state index contributed by atoms with van der Waals surface area (Å²) < 4.78 is 0. The van der Waals surface area contributed by atoms with Gasteiger partial charge < -0.3 is 31.7 Å². The molecule has 3 aromatic rings. The molecule has 0 bridgehead atoms. The molecule has 184 valence electrons. The zero-order valence-electron chi connectivity index (χ0n) is 19.6. The minimum absolute atomic E-state index is 0.00610. The van der Waals surface area contributed by atoms with Gasteiger partial charge in [0, 0.05) is 38.8 Å².